The molecule has 1 unspecified atom stereocenters. The van der Waals surface area contributed by atoms with Gasteiger partial charge >= 0.3 is 0 Å². The second-order valence-corrected chi connectivity index (χ2v) is 6.21. The number of nitrogens with zero attached hydrogens (tertiary/aromatic N) is 4. The number of carbonyl (C=O) groups is 1. The fraction of sp³-hybridized carbons (Fsp3) is 0.444. The summed E-state index contributed by atoms with van der Waals surface area (Å²) in [5.74, 6) is 0.652. The van der Waals surface area contributed by atoms with Crippen LogP contribution in [0, 0.1) is 6.07 Å². The van der Waals surface area contributed by atoms with Crippen LogP contribution in [0.3, 0.4) is 0 Å². The van der Waals surface area contributed by atoms with Gasteiger partial charge in [0.2, 0.25) is 5.91 Å². The van der Waals surface area contributed by atoms with E-state index in [0.717, 1.165) is 11.1 Å². The van der Waals surface area contributed by atoms with Gasteiger partial charge in [-0.25, -0.2) is 5.01 Å². The first-order chi connectivity index (χ1) is 12.0. The first-order valence-electron chi connectivity index (χ1n) is 8.37. The fourth-order valence-corrected chi connectivity index (χ4v) is 2.96. The van der Waals surface area contributed by atoms with Crippen LogP contribution in [0.2, 0.25) is 0 Å². The summed E-state index contributed by atoms with van der Waals surface area (Å²) in [7, 11) is 1.87. The van der Waals surface area contributed by atoms with Gasteiger partial charge in [0.05, 0.1) is 18.8 Å². The predicted octanol–water partition coefficient (Wildman–Crippen LogP) is 1.10. The van der Waals surface area contributed by atoms with Crippen molar-refractivity contribution >= 4 is 5.91 Å². The lowest BCUT2D eigenvalue weighted by molar-refractivity contribution is -0.146. The number of β-amino-alcohol motifs (C(OH)–C–C–N with tert-alkyl or cyclic N) is 1. The lowest BCUT2D eigenvalue weighted by atomic mass is 10.1. The maximum atomic E-state index is 11.9. The zero-order valence-electron chi connectivity index (χ0n) is 14.6. The molecule has 1 aromatic carbocycles. The van der Waals surface area contributed by atoms with E-state index in [1.165, 1.54) is 6.92 Å². The van der Waals surface area contributed by atoms with Gasteiger partial charge in [-0.05, 0) is 36.2 Å². The molecule has 3 rings (SSSR count). The van der Waals surface area contributed by atoms with Gasteiger partial charge in [0.1, 0.15) is 12.4 Å². The molecule has 0 bridgehead atoms. The summed E-state index contributed by atoms with van der Waals surface area (Å²) in [6.07, 6.45) is 4.05. The quantitative estimate of drug-likeness (QED) is 0.850. The van der Waals surface area contributed by atoms with Gasteiger partial charge < -0.3 is 9.84 Å². The van der Waals surface area contributed by atoms with Crippen LogP contribution in [-0.4, -0.2) is 63.2 Å². The maximum absolute atomic E-state index is 11.9. The van der Waals surface area contributed by atoms with Crippen molar-refractivity contribution in [2.24, 2.45) is 7.05 Å². The van der Waals surface area contributed by atoms with Gasteiger partial charge in [-0.2, -0.15) is 5.10 Å². The van der Waals surface area contributed by atoms with E-state index in [2.05, 4.69) is 11.2 Å². The van der Waals surface area contributed by atoms with E-state index in [1.807, 2.05) is 30.4 Å². The largest absolute Gasteiger partial charge is 0.492 e. The van der Waals surface area contributed by atoms with E-state index in [1.54, 1.807) is 22.0 Å². The van der Waals surface area contributed by atoms with Crippen molar-refractivity contribution < 1.29 is 14.6 Å². The van der Waals surface area contributed by atoms with Gasteiger partial charge in [0.25, 0.3) is 0 Å². The van der Waals surface area contributed by atoms with Gasteiger partial charge in [-0.1, -0.05) is 0 Å². The number of aryl methyl sites for hydroxylation is 1. The lowest BCUT2D eigenvalue weighted by Crippen LogP contribution is -2.46. The van der Waals surface area contributed by atoms with Gasteiger partial charge in [0.15, 0.2) is 0 Å². The van der Waals surface area contributed by atoms with E-state index >= 15 is 0 Å². The first-order valence-corrected chi connectivity index (χ1v) is 8.37. The van der Waals surface area contributed by atoms with Crippen molar-refractivity contribution in [1.82, 2.24) is 19.8 Å². The average molecular weight is 343 g/mol. The molecule has 1 aliphatic rings. The minimum Gasteiger partial charge on any atom is -0.492 e. The summed E-state index contributed by atoms with van der Waals surface area (Å²) in [6, 6.07) is 8.67. The van der Waals surface area contributed by atoms with E-state index < -0.39 is 0 Å². The van der Waals surface area contributed by atoms with Gasteiger partial charge in [-0.15, -0.1) is 0 Å². The third-order valence-corrected chi connectivity index (χ3v) is 4.22. The maximum Gasteiger partial charge on any atom is 0.233 e. The second-order valence-electron chi connectivity index (χ2n) is 6.21. The van der Waals surface area contributed by atoms with Crippen LogP contribution in [0.25, 0.3) is 11.1 Å². The molecule has 0 spiro atoms. The fourth-order valence-electron chi connectivity index (χ4n) is 2.96. The van der Waals surface area contributed by atoms with E-state index in [0.29, 0.717) is 38.4 Å². The zero-order chi connectivity index (χ0) is 17.8. The third-order valence-electron chi connectivity index (χ3n) is 4.22. The Hall–Kier alpha value is -2.38. The van der Waals surface area contributed by atoms with Crippen molar-refractivity contribution in [2.45, 2.75) is 19.4 Å². The molecule has 1 atom stereocenters. The van der Waals surface area contributed by atoms with E-state index in [-0.39, 0.29) is 12.0 Å². The minimum absolute atomic E-state index is 0.0478. The Morgan fingerprint density at radius 2 is 2.32 bits per heavy atom. The Labute approximate surface area is 147 Å². The molecule has 7 nitrogen and oxygen atoms in total. The Kier molecular flexibility index (Phi) is 5.35. The molecule has 1 aromatic heterocycles. The molecule has 1 aliphatic heterocycles. The van der Waals surface area contributed by atoms with Crippen LogP contribution >= 0.6 is 0 Å². The molecule has 2 aromatic rings. The number of hydrazine groups is 1. The number of hydrogen-bond acceptors (Lipinski definition) is 5. The molecule has 0 aliphatic carbocycles. The summed E-state index contributed by atoms with van der Waals surface area (Å²) in [5, 5.41) is 17.3. The van der Waals surface area contributed by atoms with Crippen LogP contribution < -0.4 is 4.74 Å². The number of carbonyl (C=O) groups excluding carboxylic acids is 1. The summed E-state index contributed by atoms with van der Waals surface area (Å²) in [6.45, 7) is 3.52. The molecule has 0 saturated carbocycles. The molecule has 1 radical (unpaired) electrons. The first kappa shape index (κ1) is 17.4. The Bertz CT molecular complexity index is 731. The number of hydrogen-bond donors (Lipinski definition) is 1. The molecular weight excluding hydrogens is 320 g/mol. The summed E-state index contributed by atoms with van der Waals surface area (Å²) in [4.78, 5) is 11.9. The number of rotatable bonds is 6. The lowest BCUT2D eigenvalue weighted by Gasteiger charge is -2.30. The number of ether oxygens (including phenoxy) is 1. The SMILES string of the molecule is CC(=O)N(CCOc1c[c]cc(-c2cnn(C)c2)c1)N1CCC(O)C1. The third kappa shape index (κ3) is 4.37. The predicted molar refractivity (Wildman–Crippen MR) is 92.6 cm³/mol. The molecule has 1 N–H and O–H groups in total. The zero-order valence-corrected chi connectivity index (χ0v) is 14.6. The Morgan fingerprint density at radius 1 is 1.48 bits per heavy atom. The molecule has 25 heavy (non-hydrogen) atoms. The standard InChI is InChI=1S/C18H23N4O3/c1-14(23)22(21-7-6-17(24)13-21)8-9-25-18-5-3-4-15(10-18)16-11-19-20(2)12-16/h4-5,10-12,17,24H,6-9,13H2,1-2H3. The summed E-state index contributed by atoms with van der Waals surface area (Å²) in [5.41, 5.74) is 1.98. The van der Waals surface area contributed by atoms with Crippen LogP contribution in [0.5, 0.6) is 5.75 Å². The van der Waals surface area contributed by atoms with Crippen molar-refractivity contribution in [1.29, 1.82) is 0 Å². The second kappa shape index (κ2) is 7.67. The number of aromatic nitrogens is 2. The Morgan fingerprint density at radius 3 is 2.96 bits per heavy atom. The summed E-state index contributed by atoms with van der Waals surface area (Å²) < 4.78 is 7.55. The van der Waals surface area contributed by atoms with Gasteiger partial charge in [-0.3, -0.25) is 14.5 Å². The normalized spacial score (nSPS) is 17.6. The average Bonchev–Trinajstić information content (AvgIpc) is 3.20. The van der Waals surface area contributed by atoms with E-state index in [4.69, 9.17) is 4.74 Å². The van der Waals surface area contributed by atoms with Gasteiger partial charge in [0, 0.05) is 38.8 Å². The molecule has 2 heterocycles. The molecule has 1 saturated heterocycles. The van der Waals surface area contributed by atoms with Crippen molar-refractivity contribution in [3.63, 3.8) is 0 Å². The van der Waals surface area contributed by atoms with Crippen molar-refractivity contribution in [2.75, 3.05) is 26.2 Å². The smallest absolute Gasteiger partial charge is 0.233 e. The van der Waals surface area contributed by atoms with Crippen LogP contribution in [0.15, 0.2) is 30.6 Å². The number of amides is 1. The van der Waals surface area contributed by atoms with E-state index in [9.17, 15) is 9.90 Å². The highest BCUT2D eigenvalue weighted by Gasteiger charge is 2.26. The highest BCUT2D eigenvalue weighted by Crippen LogP contribution is 2.23. The molecule has 1 fully saturated rings. The molecule has 133 valence electrons. The molecule has 7 heteroatoms. The topological polar surface area (TPSA) is 70.8 Å². The number of aliphatic hydroxyl groups excluding tert-OH is 1. The number of aliphatic hydroxyl groups is 1. The van der Waals surface area contributed by atoms with Crippen LogP contribution in [0.4, 0.5) is 0 Å². The van der Waals surface area contributed by atoms with Crippen molar-refractivity contribution in [3.05, 3.63) is 36.7 Å². The molecule has 1 amide bonds. The summed E-state index contributed by atoms with van der Waals surface area (Å²) >= 11 is 0. The minimum atomic E-state index is -0.367. The highest BCUT2D eigenvalue weighted by atomic mass is 16.5. The number of benzene rings is 1. The monoisotopic (exact) mass is 343 g/mol. The van der Waals surface area contributed by atoms with Crippen molar-refractivity contribution in [3.8, 4) is 16.9 Å². The molecular formula is C18H23N4O3. The Balaban J connectivity index is 1.58. The highest BCUT2D eigenvalue weighted by molar-refractivity contribution is 5.72. The van der Waals surface area contributed by atoms with Crippen LogP contribution in [0.1, 0.15) is 13.3 Å². The van der Waals surface area contributed by atoms with Crippen LogP contribution in [-0.2, 0) is 11.8 Å².